The van der Waals surface area contributed by atoms with Crippen molar-refractivity contribution in [3.8, 4) is 5.75 Å². The SMILES string of the molecule is CC1CN(C(=O)c2ccc(Br)cc2OC(F)F)CCN1C(=O)OC(C)(C)C. The molecule has 1 fully saturated rings. The number of nitrogens with zero attached hydrogens (tertiary/aromatic N) is 2. The lowest BCUT2D eigenvalue weighted by atomic mass is 10.1. The molecular weight excluding hydrogens is 426 g/mol. The summed E-state index contributed by atoms with van der Waals surface area (Å²) in [5.41, 5.74) is -0.556. The summed E-state index contributed by atoms with van der Waals surface area (Å²) in [6, 6.07) is 4.09. The first-order valence-electron chi connectivity index (χ1n) is 8.51. The molecule has 0 aliphatic carbocycles. The van der Waals surface area contributed by atoms with E-state index in [0.717, 1.165) is 0 Å². The molecule has 1 unspecified atom stereocenters. The molecule has 2 rings (SSSR count). The van der Waals surface area contributed by atoms with Crippen LogP contribution in [0, 0.1) is 0 Å². The van der Waals surface area contributed by atoms with Gasteiger partial charge in [0.2, 0.25) is 0 Å². The van der Waals surface area contributed by atoms with Crippen molar-refractivity contribution in [2.24, 2.45) is 0 Å². The number of amides is 2. The van der Waals surface area contributed by atoms with Crippen LogP contribution in [0.5, 0.6) is 5.75 Å². The Labute approximate surface area is 165 Å². The van der Waals surface area contributed by atoms with Crippen LogP contribution in [-0.2, 0) is 4.74 Å². The molecule has 0 spiro atoms. The molecule has 0 saturated carbocycles. The van der Waals surface area contributed by atoms with Crippen molar-refractivity contribution < 1.29 is 27.8 Å². The number of halogens is 3. The van der Waals surface area contributed by atoms with Crippen LogP contribution in [0.2, 0.25) is 0 Å². The molecule has 6 nitrogen and oxygen atoms in total. The molecule has 1 heterocycles. The fourth-order valence-electron chi connectivity index (χ4n) is 2.77. The van der Waals surface area contributed by atoms with E-state index >= 15 is 0 Å². The molecule has 1 aliphatic heterocycles. The van der Waals surface area contributed by atoms with E-state index in [0.29, 0.717) is 11.0 Å². The number of hydrogen-bond acceptors (Lipinski definition) is 4. The highest BCUT2D eigenvalue weighted by Crippen LogP contribution is 2.27. The Kier molecular flexibility index (Phi) is 6.67. The molecule has 0 aromatic heterocycles. The van der Waals surface area contributed by atoms with Crippen molar-refractivity contribution in [2.75, 3.05) is 19.6 Å². The van der Waals surface area contributed by atoms with Crippen LogP contribution < -0.4 is 4.74 Å². The Bertz CT molecular complexity index is 709. The topological polar surface area (TPSA) is 59.1 Å². The van der Waals surface area contributed by atoms with Crippen LogP contribution in [0.25, 0.3) is 0 Å². The van der Waals surface area contributed by atoms with Gasteiger partial charge in [0.05, 0.1) is 5.56 Å². The summed E-state index contributed by atoms with van der Waals surface area (Å²) in [6.07, 6.45) is -0.438. The molecule has 150 valence electrons. The van der Waals surface area contributed by atoms with Gasteiger partial charge in [-0.1, -0.05) is 15.9 Å². The minimum absolute atomic E-state index is 0.0522. The number of carbonyl (C=O) groups is 2. The maximum absolute atomic E-state index is 12.8. The van der Waals surface area contributed by atoms with Gasteiger partial charge in [-0.2, -0.15) is 8.78 Å². The van der Waals surface area contributed by atoms with Crippen molar-refractivity contribution >= 4 is 27.9 Å². The molecule has 1 saturated heterocycles. The zero-order valence-electron chi connectivity index (χ0n) is 15.7. The molecule has 0 bridgehead atoms. The standard InChI is InChI=1S/C18H23BrF2N2O4/c1-11-10-22(7-8-23(11)17(25)27-18(2,3)4)15(24)13-6-5-12(19)9-14(13)26-16(20)21/h5-6,9,11,16H,7-8,10H2,1-4H3. The fraction of sp³-hybridized carbons (Fsp3) is 0.556. The summed E-state index contributed by atoms with van der Waals surface area (Å²) in [7, 11) is 0. The molecule has 1 atom stereocenters. The zero-order valence-corrected chi connectivity index (χ0v) is 17.3. The molecule has 9 heteroatoms. The van der Waals surface area contributed by atoms with Gasteiger partial charge < -0.3 is 19.3 Å². The van der Waals surface area contributed by atoms with E-state index < -0.39 is 24.2 Å². The molecular formula is C18H23BrF2N2O4. The number of piperazine rings is 1. The van der Waals surface area contributed by atoms with Crippen LogP contribution in [0.15, 0.2) is 22.7 Å². The van der Waals surface area contributed by atoms with E-state index in [1.54, 1.807) is 31.7 Å². The second-order valence-electron chi connectivity index (χ2n) is 7.29. The second kappa shape index (κ2) is 8.41. The third-order valence-electron chi connectivity index (χ3n) is 3.93. The Morgan fingerprint density at radius 3 is 2.48 bits per heavy atom. The molecule has 2 amide bonds. The van der Waals surface area contributed by atoms with Crippen molar-refractivity contribution in [3.63, 3.8) is 0 Å². The Morgan fingerprint density at radius 2 is 1.93 bits per heavy atom. The van der Waals surface area contributed by atoms with E-state index in [9.17, 15) is 18.4 Å². The lowest BCUT2D eigenvalue weighted by Gasteiger charge is -2.40. The lowest BCUT2D eigenvalue weighted by Crippen LogP contribution is -2.56. The zero-order chi connectivity index (χ0) is 20.4. The Hall–Kier alpha value is -1.90. The summed E-state index contributed by atoms with van der Waals surface area (Å²) in [5, 5.41) is 0. The Balaban J connectivity index is 2.11. The first-order chi connectivity index (χ1) is 12.5. The lowest BCUT2D eigenvalue weighted by molar-refractivity contribution is -0.0504. The van der Waals surface area contributed by atoms with Crippen molar-refractivity contribution in [2.45, 2.75) is 45.9 Å². The van der Waals surface area contributed by atoms with Gasteiger partial charge in [0.1, 0.15) is 11.4 Å². The van der Waals surface area contributed by atoms with Gasteiger partial charge in [0, 0.05) is 30.1 Å². The number of alkyl halides is 2. The highest BCUT2D eigenvalue weighted by molar-refractivity contribution is 9.10. The number of benzene rings is 1. The predicted molar refractivity (Wildman–Crippen MR) is 99.1 cm³/mol. The molecule has 27 heavy (non-hydrogen) atoms. The highest BCUT2D eigenvalue weighted by atomic mass is 79.9. The predicted octanol–water partition coefficient (Wildman–Crippen LogP) is 4.13. The largest absolute Gasteiger partial charge is 0.444 e. The van der Waals surface area contributed by atoms with E-state index in [1.165, 1.54) is 17.0 Å². The summed E-state index contributed by atoms with van der Waals surface area (Å²) in [6.45, 7) is 4.96. The third-order valence-corrected chi connectivity index (χ3v) is 4.43. The van der Waals surface area contributed by atoms with Crippen LogP contribution in [0.4, 0.5) is 13.6 Å². The number of ether oxygens (including phenoxy) is 2. The van der Waals surface area contributed by atoms with Crippen LogP contribution in [-0.4, -0.2) is 59.7 Å². The van der Waals surface area contributed by atoms with E-state index in [1.807, 2.05) is 6.92 Å². The van der Waals surface area contributed by atoms with Crippen molar-refractivity contribution in [3.05, 3.63) is 28.2 Å². The average molecular weight is 449 g/mol. The smallest absolute Gasteiger partial charge is 0.410 e. The van der Waals surface area contributed by atoms with Gasteiger partial charge in [0.15, 0.2) is 0 Å². The van der Waals surface area contributed by atoms with E-state index in [2.05, 4.69) is 20.7 Å². The average Bonchev–Trinajstić information content (AvgIpc) is 2.52. The fourth-order valence-corrected chi connectivity index (χ4v) is 3.11. The minimum atomic E-state index is -3.03. The number of rotatable bonds is 3. The minimum Gasteiger partial charge on any atom is -0.444 e. The molecule has 1 aliphatic rings. The van der Waals surface area contributed by atoms with Gasteiger partial charge >= 0.3 is 12.7 Å². The van der Waals surface area contributed by atoms with Crippen LogP contribution in [0.3, 0.4) is 0 Å². The summed E-state index contributed by atoms with van der Waals surface area (Å²) < 4.78 is 35.7. The van der Waals surface area contributed by atoms with Gasteiger partial charge in [-0.3, -0.25) is 4.79 Å². The molecule has 0 N–H and O–H groups in total. The second-order valence-corrected chi connectivity index (χ2v) is 8.21. The van der Waals surface area contributed by atoms with Crippen LogP contribution in [0.1, 0.15) is 38.1 Å². The van der Waals surface area contributed by atoms with E-state index in [-0.39, 0.29) is 30.4 Å². The van der Waals surface area contributed by atoms with Gasteiger partial charge in [0.25, 0.3) is 5.91 Å². The van der Waals surface area contributed by atoms with Gasteiger partial charge in [-0.25, -0.2) is 4.79 Å². The number of carbonyl (C=O) groups excluding carboxylic acids is 2. The molecule has 1 aromatic carbocycles. The first kappa shape index (κ1) is 21.4. The normalized spacial score (nSPS) is 17.9. The summed E-state index contributed by atoms with van der Waals surface area (Å²) >= 11 is 3.18. The quantitative estimate of drug-likeness (QED) is 0.697. The summed E-state index contributed by atoms with van der Waals surface area (Å²) in [5.74, 6) is -0.611. The van der Waals surface area contributed by atoms with Crippen molar-refractivity contribution in [1.82, 2.24) is 9.80 Å². The van der Waals surface area contributed by atoms with Crippen LogP contribution >= 0.6 is 15.9 Å². The monoisotopic (exact) mass is 448 g/mol. The first-order valence-corrected chi connectivity index (χ1v) is 9.30. The number of hydrogen-bond donors (Lipinski definition) is 0. The molecule has 1 aromatic rings. The molecule has 0 radical (unpaired) electrons. The van der Waals surface area contributed by atoms with E-state index in [4.69, 9.17) is 4.74 Å². The maximum Gasteiger partial charge on any atom is 0.410 e. The third kappa shape index (κ3) is 5.79. The van der Waals surface area contributed by atoms with Gasteiger partial charge in [-0.15, -0.1) is 0 Å². The maximum atomic E-state index is 12.8. The van der Waals surface area contributed by atoms with Crippen molar-refractivity contribution in [1.29, 1.82) is 0 Å². The summed E-state index contributed by atoms with van der Waals surface area (Å²) in [4.78, 5) is 28.2. The highest BCUT2D eigenvalue weighted by Gasteiger charge is 2.33. The van der Waals surface area contributed by atoms with Gasteiger partial charge in [-0.05, 0) is 45.9 Å². The Morgan fingerprint density at radius 1 is 1.26 bits per heavy atom.